The van der Waals surface area contributed by atoms with Crippen LogP contribution in [0.5, 0.6) is 5.75 Å². The first kappa shape index (κ1) is 22.5. The number of ether oxygens (including phenoxy) is 1. The zero-order valence-corrected chi connectivity index (χ0v) is 16.3. The molecule has 0 aliphatic heterocycles. The first-order valence-corrected chi connectivity index (χ1v) is 9.01. The SMILES string of the molecule is CC(Oc1cc(C(F)(F)F)ccc1Cl)C(=O)Nc1ccc(C(C)CC(=O)O)cc1. The van der Waals surface area contributed by atoms with Crippen LogP contribution in [-0.2, 0) is 15.8 Å². The summed E-state index contributed by atoms with van der Waals surface area (Å²) in [6.07, 6.45) is -5.69. The average molecular weight is 430 g/mol. The molecule has 0 aromatic heterocycles. The van der Waals surface area contributed by atoms with Crippen LogP contribution in [0.1, 0.15) is 37.3 Å². The Balaban J connectivity index is 2.03. The first-order chi connectivity index (χ1) is 13.5. The van der Waals surface area contributed by atoms with E-state index >= 15 is 0 Å². The van der Waals surface area contributed by atoms with Crippen molar-refractivity contribution in [2.45, 2.75) is 38.5 Å². The summed E-state index contributed by atoms with van der Waals surface area (Å²) < 4.78 is 43.8. The molecule has 2 aromatic carbocycles. The van der Waals surface area contributed by atoms with E-state index in [2.05, 4.69) is 5.32 Å². The highest BCUT2D eigenvalue weighted by Crippen LogP contribution is 2.35. The van der Waals surface area contributed by atoms with Crippen LogP contribution in [0.4, 0.5) is 18.9 Å². The predicted octanol–water partition coefficient (Wildman–Crippen LogP) is 5.34. The van der Waals surface area contributed by atoms with Gasteiger partial charge in [-0.1, -0.05) is 30.7 Å². The minimum Gasteiger partial charge on any atom is -0.481 e. The molecule has 2 aromatic rings. The lowest BCUT2D eigenvalue weighted by atomic mass is 9.98. The monoisotopic (exact) mass is 429 g/mol. The molecule has 0 radical (unpaired) electrons. The van der Waals surface area contributed by atoms with Crippen molar-refractivity contribution < 1.29 is 32.6 Å². The Labute approximate surface area is 170 Å². The molecule has 2 unspecified atom stereocenters. The summed E-state index contributed by atoms with van der Waals surface area (Å²) in [4.78, 5) is 23.1. The summed E-state index contributed by atoms with van der Waals surface area (Å²) in [5.74, 6) is -1.93. The van der Waals surface area contributed by atoms with Crippen LogP contribution in [-0.4, -0.2) is 23.1 Å². The Morgan fingerprint density at radius 2 is 1.76 bits per heavy atom. The standard InChI is InChI=1S/C20H19ClF3NO4/c1-11(9-18(26)27)13-3-6-15(7-4-13)25-19(28)12(2)29-17-10-14(20(22,23)24)5-8-16(17)21/h3-8,10-12H,9H2,1-2H3,(H,25,28)(H,26,27). The number of carbonyl (C=O) groups is 2. The molecule has 0 aliphatic rings. The third kappa shape index (κ3) is 6.39. The van der Waals surface area contributed by atoms with Crippen LogP contribution in [0, 0.1) is 0 Å². The van der Waals surface area contributed by atoms with Crippen molar-refractivity contribution in [3.63, 3.8) is 0 Å². The second-order valence-electron chi connectivity index (χ2n) is 6.51. The normalized spacial score (nSPS) is 13.4. The summed E-state index contributed by atoms with van der Waals surface area (Å²) in [5, 5.41) is 11.4. The van der Waals surface area contributed by atoms with E-state index in [1.54, 1.807) is 31.2 Å². The van der Waals surface area contributed by atoms with Gasteiger partial charge in [0.15, 0.2) is 6.10 Å². The maximum atomic E-state index is 12.8. The molecule has 9 heteroatoms. The van der Waals surface area contributed by atoms with Gasteiger partial charge < -0.3 is 15.2 Å². The fourth-order valence-corrected chi connectivity index (χ4v) is 2.69. The van der Waals surface area contributed by atoms with Crippen LogP contribution in [0.15, 0.2) is 42.5 Å². The Morgan fingerprint density at radius 3 is 2.31 bits per heavy atom. The van der Waals surface area contributed by atoms with Gasteiger partial charge in [0.05, 0.1) is 17.0 Å². The van der Waals surface area contributed by atoms with Gasteiger partial charge in [-0.25, -0.2) is 0 Å². The van der Waals surface area contributed by atoms with Crippen LogP contribution >= 0.6 is 11.6 Å². The highest BCUT2D eigenvalue weighted by atomic mass is 35.5. The molecule has 29 heavy (non-hydrogen) atoms. The molecule has 2 atom stereocenters. The zero-order chi connectivity index (χ0) is 21.8. The molecular formula is C20H19ClF3NO4. The van der Waals surface area contributed by atoms with Crippen molar-refractivity contribution in [1.82, 2.24) is 0 Å². The number of anilines is 1. The molecule has 156 valence electrons. The second-order valence-corrected chi connectivity index (χ2v) is 6.92. The fourth-order valence-electron chi connectivity index (χ4n) is 2.53. The largest absolute Gasteiger partial charge is 0.481 e. The lowest BCUT2D eigenvalue weighted by molar-refractivity contribution is -0.138. The van der Waals surface area contributed by atoms with Gasteiger partial charge >= 0.3 is 12.1 Å². The molecule has 1 amide bonds. The molecule has 5 nitrogen and oxygen atoms in total. The van der Waals surface area contributed by atoms with Crippen LogP contribution in [0.2, 0.25) is 5.02 Å². The van der Waals surface area contributed by atoms with Crippen LogP contribution < -0.4 is 10.1 Å². The number of carboxylic acids is 1. The third-order valence-corrected chi connectivity index (χ3v) is 4.47. The Morgan fingerprint density at radius 1 is 1.14 bits per heavy atom. The number of hydrogen-bond acceptors (Lipinski definition) is 3. The molecule has 0 fully saturated rings. The van der Waals surface area contributed by atoms with Gasteiger partial charge in [-0.2, -0.15) is 13.2 Å². The number of alkyl halides is 3. The number of hydrogen-bond donors (Lipinski definition) is 2. The molecule has 0 bridgehead atoms. The van der Waals surface area contributed by atoms with E-state index < -0.39 is 29.7 Å². The summed E-state index contributed by atoms with van der Waals surface area (Å²) in [6.45, 7) is 3.16. The van der Waals surface area contributed by atoms with Gasteiger partial charge in [-0.05, 0) is 48.7 Å². The number of halogens is 4. The maximum absolute atomic E-state index is 12.8. The van der Waals surface area contributed by atoms with Crippen molar-refractivity contribution in [2.24, 2.45) is 0 Å². The van der Waals surface area contributed by atoms with E-state index in [0.29, 0.717) is 5.69 Å². The van der Waals surface area contributed by atoms with Gasteiger partial charge in [-0.3, -0.25) is 9.59 Å². The lowest BCUT2D eigenvalue weighted by Gasteiger charge is -2.17. The third-order valence-electron chi connectivity index (χ3n) is 4.16. The minimum atomic E-state index is -4.56. The first-order valence-electron chi connectivity index (χ1n) is 8.63. The number of rotatable bonds is 7. The fraction of sp³-hybridized carbons (Fsp3) is 0.300. The van der Waals surface area contributed by atoms with E-state index in [4.69, 9.17) is 21.4 Å². The van der Waals surface area contributed by atoms with E-state index in [-0.39, 0.29) is 23.1 Å². The molecule has 2 N–H and O–H groups in total. The number of aliphatic carboxylic acids is 1. The predicted molar refractivity (Wildman–Crippen MR) is 102 cm³/mol. The zero-order valence-electron chi connectivity index (χ0n) is 15.6. The van der Waals surface area contributed by atoms with Crippen LogP contribution in [0.25, 0.3) is 0 Å². The van der Waals surface area contributed by atoms with Crippen molar-refractivity contribution in [2.75, 3.05) is 5.32 Å². The average Bonchev–Trinajstić information content (AvgIpc) is 2.62. The van der Waals surface area contributed by atoms with E-state index in [1.807, 2.05) is 0 Å². The van der Waals surface area contributed by atoms with Gasteiger partial charge in [-0.15, -0.1) is 0 Å². The summed E-state index contributed by atoms with van der Waals surface area (Å²) in [6, 6.07) is 9.22. The molecule has 2 rings (SSSR count). The molecule has 0 saturated heterocycles. The van der Waals surface area contributed by atoms with Crippen molar-refractivity contribution in [3.05, 3.63) is 58.6 Å². The van der Waals surface area contributed by atoms with Gasteiger partial charge in [0.2, 0.25) is 0 Å². The highest BCUT2D eigenvalue weighted by molar-refractivity contribution is 6.32. The summed E-state index contributed by atoms with van der Waals surface area (Å²) >= 11 is 5.87. The molecular weight excluding hydrogens is 411 g/mol. The number of nitrogens with one attached hydrogen (secondary N) is 1. The van der Waals surface area contributed by atoms with E-state index in [9.17, 15) is 22.8 Å². The van der Waals surface area contributed by atoms with Crippen molar-refractivity contribution >= 4 is 29.2 Å². The van der Waals surface area contributed by atoms with Crippen LogP contribution in [0.3, 0.4) is 0 Å². The molecule has 0 saturated carbocycles. The topological polar surface area (TPSA) is 75.6 Å². The summed E-state index contributed by atoms with van der Waals surface area (Å²) in [5.41, 5.74) is 0.299. The number of amides is 1. The van der Waals surface area contributed by atoms with E-state index in [1.165, 1.54) is 6.92 Å². The van der Waals surface area contributed by atoms with Gasteiger partial charge in [0, 0.05) is 5.69 Å². The Kier molecular flexibility index (Phi) is 7.13. The lowest BCUT2D eigenvalue weighted by Crippen LogP contribution is -2.30. The highest BCUT2D eigenvalue weighted by Gasteiger charge is 2.31. The summed E-state index contributed by atoms with van der Waals surface area (Å²) in [7, 11) is 0. The van der Waals surface area contributed by atoms with Gasteiger partial charge in [0.1, 0.15) is 5.75 Å². The van der Waals surface area contributed by atoms with Crippen molar-refractivity contribution in [1.29, 1.82) is 0 Å². The Bertz CT molecular complexity index is 884. The van der Waals surface area contributed by atoms with E-state index in [0.717, 1.165) is 23.8 Å². The number of carboxylic acid groups (broad SMARTS) is 1. The minimum absolute atomic E-state index is 0.0195. The Hall–Kier alpha value is -2.74. The molecule has 0 spiro atoms. The smallest absolute Gasteiger partial charge is 0.416 e. The number of benzene rings is 2. The molecule has 0 aliphatic carbocycles. The number of carbonyl (C=O) groups excluding carboxylic acids is 1. The maximum Gasteiger partial charge on any atom is 0.416 e. The molecule has 0 heterocycles. The van der Waals surface area contributed by atoms with Gasteiger partial charge in [0.25, 0.3) is 5.91 Å². The van der Waals surface area contributed by atoms with Crippen molar-refractivity contribution in [3.8, 4) is 5.75 Å². The quantitative estimate of drug-likeness (QED) is 0.622. The second kappa shape index (κ2) is 9.17.